The average Bonchev–Trinajstić information content (AvgIpc) is 3.15. The number of benzene rings is 1. The molecule has 33 heavy (non-hydrogen) atoms. The van der Waals surface area contributed by atoms with E-state index in [0.717, 1.165) is 29.0 Å². The van der Waals surface area contributed by atoms with Crippen LogP contribution in [0.4, 0.5) is 30.6 Å². The molecule has 3 aromatic rings. The topological polar surface area (TPSA) is 111 Å². The first-order valence-corrected chi connectivity index (χ1v) is 10.0. The first kappa shape index (κ1) is 22.5. The number of hydrogen-bond acceptors (Lipinski definition) is 7. The third kappa shape index (κ3) is 4.87. The molecular formula is C22H20F3N5O3. The van der Waals surface area contributed by atoms with Gasteiger partial charge in [0.25, 0.3) is 0 Å². The lowest BCUT2D eigenvalue weighted by atomic mass is 10.0. The molecule has 8 nitrogen and oxygen atoms in total. The Hall–Kier alpha value is -3.73. The van der Waals surface area contributed by atoms with Gasteiger partial charge in [0.05, 0.1) is 6.10 Å². The zero-order valence-corrected chi connectivity index (χ0v) is 17.4. The van der Waals surface area contributed by atoms with Gasteiger partial charge in [-0.15, -0.1) is 0 Å². The number of hydrogen-bond donors (Lipinski definition) is 3. The fourth-order valence-electron chi connectivity index (χ4n) is 3.79. The molecule has 172 valence electrons. The van der Waals surface area contributed by atoms with Crippen LogP contribution in [0.3, 0.4) is 0 Å². The Labute approximate surface area is 186 Å². The molecule has 0 amide bonds. The van der Waals surface area contributed by atoms with Crippen LogP contribution in [0.1, 0.15) is 17.7 Å². The number of carboxylic acids is 1. The lowest BCUT2D eigenvalue weighted by Gasteiger charge is -2.23. The van der Waals surface area contributed by atoms with Gasteiger partial charge in [-0.3, -0.25) is 0 Å². The maximum Gasteiger partial charge on any atom is 0.433 e. The van der Waals surface area contributed by atoms with Crippen LogP contribution >= 0.6 is 0 Å². The Morgan fingerprint density at radius 3 is 2.61 bits per heavy atom. The highest BCUT2D eigenvalue weighted by atomic mass is 19.4. The van der Waals surface area contributed by atoms with Crippen molar-refractivity contribution in [2.45, 2.75) is 31.7 Å². The predicted octanol–water partition coefficient (Wildman–Crippen LogP) is 3.63. The first-order chi connectivity index (χ1) is 15.6. The number of nitrogens with zero attached hydrogens (tertiary/aromatic N) is 4. The molecule has 1 aromatic carbocycles. The van der Waals surface area contributed by atoms with E-state index in [1.165, 1.54) is 0 Å². The van der Waals surface area contributed by atoms with Crippen molar-refractivity contribution in [3.63, 3.8) is 0 Å². The number of aliphatic hydroxyl groups is 1. The Kier molecular flexibility index (Phi) is 5.90. The van der Waals surface area contributed by atoms with E-state index < -0.39 is 30.0 Å². The number of aromatic nitrogens is 3. The van der Waals surface area contributed by atoms with E-state index in [2.05, 4.69) is 20.3 Å². The summed E-state index contributed by atoms with van der Waals surface area (Å²) in [4.78, 5) is 24.8. The average molecular weight is 459 g/mol. The standard InChI is InChI=1S/C22H20F3N5O3/c1-12-8-14(10-15(9-12)28-21-26-6-4-17(29-21)22(23,24)25)13-2-3-18(27-11-13)30-7-5-16(31)19(30)20(32)33/h2-4,6,8-11,16,19,31H,5,7H2,1H3,(H,32,33)(H,26,28,29)/t16?,19-/m0/s1. The zero-order chi connectivity index (χ0) is 23.8. The van der Waals surface area contributed by atoms with Gasteiger partial charge in [0, 0.05) is 30.2 Å². The highest BCUT2D eigenvalue weighted by Crippen LogP contribution is 2.31. The SMILES string of the molecule is Cc1cc(Nc2nccc(C(F)(F)F)n2)cc(-c2ccc(N3CCC(O)[C@H]3C(=O)O)nc2)c1. The second kappa shape index (κ2) is 8.66. The lowest BCUT2D eigenvalue weighted by Crippen LogP contribution is -2.42. The summed E-state index contributed by atoms with van der Waals surface area (Å²) in [6.45, 7) is 2.21. The largest absolute Gasteiger partial charge is 0.480 e. The number of carbonyl (C=O) groups is 1. The normalized spacial score (nSPS) is 18.4. The lowest BCUT2D eigenvalue weighted by molar-refractivity contribution is -0.141. The van der Waals surface area contributed by atoms with Crippen LogP contribution in [0.2, 0.25) is 0 Å². The highest BCUT2D eigenvalue weighted by Gasteiger charge is 2.39. The molecule has 3 N–H and O–H groups in total. The molecule has 0 bridgehead atoms. The van der Waals surface area contributed by atoms with Crippen molar-refractivity contribution in [3.8, 4) is 11.1 Å². The molecule has 0 radical (unpaired) electrons. The zero-order valence-electron chi connectivity index (χ0n) is 17.4. The van der Waals surface area contributed by atoms with E-state index in [-0.39, 0.29) is 5.95 Å². The summed E-state index contributed by atoms with van der Waals surface area (Å²) in [5.41, 5.74) is 1.78. The number of aryl methyl sites for hydroxylation is 1. The number of pyridine rings is 1. The van der Waals surface area contributed by atoms with Crippen LogP contribution in [0.25, 0.3) is 11.1 Å². The van der Waals surface area contributed by atoms with E-state index in [1.807, 2.05) is 13.0 Å². The number of aliphatic hydroxyl groups excluding tert-OH is 1. The third-order valence-electron chi connectivity index (χ3n) is 5.27. The van der Waals surface area contributed by atoms with Crippen LogP contribution < -0.4 is 10.2 Å². The molecule has 1 fully saturated rings. The van der Waals surface area contributed by atoms with E-state index in [1.54, 1.807) is 35.4 Å². The maximum absolute atomic E-state index is 12.9. The number of nitrogens with one attached hydrogen (secondary N) is 1. The van der Waals surface area contributed by atoms with Crippen molar-refractivity contribution < 1.29 is 28.2 Å². The van der Waals surface area contributed by atoms with Crippen molar-refractivity contribution in [1.29, 1.82) is 0 Å². The molecule has 4 rings (SSSR count). The quantitative estimate of drug-likeness (QED) is 0.531. The predicted molar refractivity (Wildman–Crippen MR) is 114 cm³/mol. The summed E-state index contributed by atoms with van der Waals surface area (Å²) < 4.78 is 38.7. The van der Waals surface area contributed by atoms with Gasteiger partial charge in [0.2, 0.25) is 5.95 Å². The second-order valence-corrected chi connectivity index (χ2v) is 7.71. The van der Waals surface area contributed by atoms with E-state index in [0.29, 0.717) is 24.5 Å². The molecule has 0 saturated carbocycles. The van der Waals surface area contributed by atoms with E-state index in [4.69, 9.17) is 0 Å². The highest BCUT2D eigenvalue weighted by molar-refractivity contribution is 5.80. The van der Waals surface area contributed by atoms with Gasteiger partial charge in [0.1, 0.15) is 11.5 Å². The minimum Gasteiger partial charge on any atom is -0.480 e. The van der Waals surface area contributed by atoms with Crippen molar-refractivity contribution >= 4 is 23.4 Å². The molecule has 1 aliphatic rings. The van der Waals surface area contributed by atoms with Crippen LogP contribution in [0.15, 0.2) is 48.8 Å². The van der Waals surface area contributed by atoms with Gasteiger partial charge >= 0.3 is 12.1 Å². The molecule has 11 heteroatoms. The molecule has 1 aliphatic heterocycles. The smallest absolute Gasteiger partial charge is 0.433 e. The van der Waals surface area contributed by atoms with Crippen molar-refractivity contribution in [3.05, 3.63) is 60.0 Å². The van der Waals surface area contributed by atoms with Crippen LogP contribution in [0.5, 0.6) is 0 Å². The molecule has 1 saturated heterocycles. The summed E-state index contributed by atoms with van der Waals surface area (Å²) in [5, 5.41) is 22.1. The summed E-state index contributed by atoms with van der Waals surface area (Å²) in [6.07, 6.45) is -2.58. The Morgan fingerprint density at radius 1 is 1.15 bits per heavy atom. The molecule has 1 unspecified atom stereocenters. The van der Waals surface area contributed by atoms with Crippen LogP contribution in [-0.2, 0) is 11.0 Å². The first-order valence-electron chi connectivity index (χ1n) is 10.0. The number of halogens is 3. The van der Waals surface area contributed by atoms with Gasteiger partial charge in [-0.25, -0.2) is 19.7 Å². The number of anilines is 3. The molecular weight excluding hydrogens is 439 g/mol. The van der Waals surface area contributed by atoms with Crippen molar-refractivity contribution in [1.82, 2.24) is 15.0 Å². The maximum atomic E-state index is 12.9. The minimum absolute atomic E-state index is 0.179. The molecule has 2 aromatic heterocycles. The molecule has 2 atom stereocenters. The second-order valence-electron chi connectivity index (χ2n) is 7.71. The van der Waals surface area contributed by atoms with Gasteiger partial charge in [0.15, 0.2) is 6.04 Å². The van der Waals surface area contributed by atoms with E-state index in [9.17, 15) is 28.2 Å². The summed E-state index contributed by atoms with van der Waals surface area (Å²) in [5.74, 6) is -0.856. The number of carboxylic acid groups (broad SMARTS) is 1. The minimum atomic E-state index is -4.57. The van der Waals surface area contributed by atoms with Crippen LogP contribution in [-0.4, -0.2) is 49.8 Å². The van der Waals surface area contributed by atoms with Gasteiger partial charge in [-0.2, -0.15) is 13.2 Å². The number of alkyl halides is 3. The fourth-order valence-corrected chi connectivity index (χ4v) is 3.79. The van der Waals surface area contributed by atoms with Crippen molar-refractivity contribution in [2.75, 3.05) is 16.8 Å². The Bertz CT molecular complexity index is 1170. The molecule has 3 heterocycles. The Balaban J connectivity index is 1.58. The van der Waals surface area contributed by atoms with E-state index >= 15 is 0 Å². The van der Waals surface area contributed by atoms with Gasteiger partial charge in [-0.1, -0.05) is 6.07 Å². The summed E-state index contributed by atoms with van der Waals surface area (Å²) in [6, 6.07) is 8.55. The summed E-state index contributed by atoms with van der Waals surface area (Å²) >= 11 is 0. The van der Waals surface area contributed by atoms with Gasteiger partial charge in [-0.05, 0) is 54.8 Å². The number of aliphatic carboxylic acids is 1. The molecule has 0 aliphatic carbocycles. The summed E-state index contributed by atoms with van der Waals surface area (Å²) in [7, 11) is 0. The fraction of sp³-hybridized carbons (Fsp3) is 0.273. The monoisotopic (exact) mass is 459 g/mol. The van der Waals surface area contributed by atoms with Crippen LogP contribution in [0, 0.1) is 6.92 Å². The molecule has 0 spiro atoms. The number of rotatable bonds is 5. The van der Waals surface area contributed by atoms with Crippen molar-refractivity contribution in [2.24, 2.45) is 0 Å². The Morgan fingerprint density at radius 2 is 1.94 bits per heavy atom. The van der Waals surface area contributed by atoms with Gasteiger partial charge < -0.3 is 20.4 Å². The third-order valence-corrected chi connectivity index (χ3v) is 5.27.